The lowest BCUT2D eigenvalue weighted by Crippen LogP contribution is -2.62. The average Bonchev–Trinajstić information content (AvgIpc) is 2.62. The zero-order chi connectivity index (χ0) is 18.5. The molecular weight excluding hydrogens is 367 g/mol. The fraction of sp³-hybridized carbons (Fsp3) is 0.450. The third kappa shape index (κ3) is 4.81. The number of guanidine groups is 1. The smallest absolute Gasteiger partial charge is 0.191 e. The van der Waals surface area contributed by atoms with Crippen LogP contribution in [0.5, 0.6) is 0 Å². The molecule has 26 heavy (non-hydrogen) atoms. The van der Waals surface area contributed by atoms with Crippen LogP contribution in [0.25, 0.3) is 0 Å². The number of nitrogens with two attached hydrogens (primary N) is 1. The molecule has 2 N–H and O–H groups in total. The molecule has 1 fully saturated rings. The van der Waals surface area contributed by atoms with E-state index in [1.54, 1.807) is 6.07 Å². The van der Waals surface area contributed by atoms with E-state index < -0.39 is 0 Å². The van der Waals surface area contributed by atoms with Crippen LogP contribution in [0.15, 0.2) is 47.0 Å². The van der Waals surface area contributed by atoms with Crippen LogP contribution >= 0.6 is 23.2 Å². The Bertz CT molecular complexity index is 721. The van der Waals surface area contributed by atoms with Crippen LogP contribution in [0.3, 0.4) is 0 Å². The Kier molecular flexibility index (Phi) is 6.63. The summed E-state index contributed by atoms with van der Waals surface area (Å²) in [5, 5.41) is 1.10. The van der Waals surface area contributed by atoms with E-state index in [2.05, 4.69) is 39.9 Å². The molecule has 0 spiro atoms. The summed E-state index contributed by atoms with van der Waals surface area (Å²) in [6.45, 7) is 6.58. The minimum Gasteiger partial charge on any atom is -0.370 e. The molecule has 0 amide bonds. The molecule has 1 aliphatic heterocycles. The maximum Gasteiger partial charge on any atom is 0.191 e. The summed E-state index contributed by atoms with van der Waals surface area (Å²) < 4.78 is 0. The van der Waals surface area contributed by atoms with Crippen LogP contribution < -0.4 is 5.73 Å². The molecule has 0 bridgehead atoms. The van der Waals surface area contributed by atoms with Gasteiger partial charge in [0.2, 0.25) is 0 Å². The molecule has 1 heterocycles. The van der Waals surface area contributed by atoms with Crippen molar-refractivity contribution in [1.29, 1.82) is 0 Å². The Morgan fingerprint density at radius 3 is 2.73 bits per heavy atom. The van der Waals surface area contributed by atoms with Gasteiger partial charge in [-0.3, -0.25) is 4.90 Å². The first-order valence-corrected chi connectivity index (χ1v) is 9.91. The molecule has 1 aromatic rings. The van der Waals surface area contributed by atoms with E-state index in [9.17, 15) is 0 Å². The molecule has 1 aliphatic carbocycles. The maximum atomic E-state index is 6.26. The predicted octanol–water partition coefficient (Wildman–Crippen LogP) is 4.09. The molecule has 0 aromatic heterocycles. The molecule has 6 heteroatoms. The number of hydrogen-bond donors (Lipinski definition) is 1. The number of aliphatic imine (C=N–C) groups is 1. The first-order chi connectivity index (χ1) is 12.6. The number of nitrogens with zero attached hydrogens (tertiary/aromatic N) is 3. The van der Waals surface area contributed by atoms with Gasteiger partial charge < -0.3 is 10.6 Å². The van der Waals surface area contributed by atoms with Gasteiger partial charge in [0.15, 0.2) is 5.96 Å². The topological polar surface area (TPSA) is 44.9 Å². The van der Waals surface area contributed by atoms with Crippen molar-refractivity contribution < 1.29 is 0 Å². The molecule has 0 unspecified atom stereocenters. The molecule has 140 valence electrons. The largest absolute Gasteiger partial charge is 0.370 e. The number of hydrogen-bond acceptors (Lipinski definition) is 2. The molecule has 2 aliphatic rings. The van der Waals surface area contributed by atoms with E-state index in [0.29, 0.717) is 28.6 Å². The summed E-state index contributed by atoms with van der Waals surface area (Å²) >= 11 is 12.0. The van der Waals surface area contributed by atoms with Crippen molar-refractivity contribution in [2.45, 2.75) is 32.4 Å². The van der Waals surface area contributed by atoms with Gasteiger partial charge in [-0.05, 0) is 43.0 Å². The Balaban J connectivity index is 1.52. The average molecular weight is 393 g/mol. The van der Waals surface area contributed by atoms with E-state index in [4.69, 9.17) is 28.9 Å². The summed E-state index contributed by atoms with van der Waals surface area (Å²) in [7, 11) is 0. The van der Waals surface area contributed by atoms with Gasteiger partial charge in [0, 0.05) is 26.2 Å². The van der Waals surface area contributed by atoms with Gasteiger partial charge in [0.25, 0.3) is 0 Å². The molecule has 0 atom stereocenters. The summed E-state index contributed by atoms with van der Waals surface area (Å²) in [5.74, 6) is 0.597. The minimum absolute atomic E-state index is 0.436. The number of rotatable bonds is 6. The summed E-state index contributed by atoms with van der Waals surface area (Å²) in [4.78, 5) is 9.21. The van der Waals surface area contributed by atoms with E-state index >= 15 is 0 Å². The van der Waals surface area contributed by atoms with Crippen molar-refractivity contribution >= 4 is 29.2 Å². The first kappa shape index (κ1) is 19.3. The van der Waals surface area contributed by atoms with E-state index in [-0.39, 0.29) is 0 Å². The standard InChI is InChI=1S/C20H26Cl2N4/c1-2-26(17-13-25(14-17)12-15-6-4-3-5-7-15)20(23)24-11-16-8-9-18(21)19(22)10-16/h4,6-10,17H,2-3,5,11-14H2,1H3,(H2,23,24). The Hall–Kier alpha value is -1.49. The van der Waals surface area contributed by atoms with Gasteiger partial charge in [-0.15, -0.1) is 0 Å². The van der Waals surface area contributed by atoms with Crippen LogP contribution in [0.2, 0.25) is 10.0 Å². The van der Waals surface area contributed by atoms with E-state index in [1.807, 2.05) is 12.1 Å². The molecule has 1 saturated heterocycles. The van der Waals surface area contributed by atoms with Crippen LogP contribution in [0.4, 0.5) is 0 Å². The van der Waals surface area contributed by atoms with Crippen molar-refractivity contribution in [1.82, 2.24) is 9.80 Å². The Labute approximate surface area is 166 Å². The number of likely N-dealkylation sites (tertiary alicyclic amines) is 1. The molecule has 3 rings (SSSR count). The van der Waals surface area contributed by atoms with Crippen molar-refractivity contribution in [3.63, 3.8) is 0 Å². The lowest BCUT2D eigenvalue weighted by Gasteiger charge is -2.45. The second-order valence-corrected chi connectivity index (χ2v) is 7.63. The Morgan fingerprint density at radius 1 is 1.27 bits per heavy atom. The zero-order valence-electron chi connectivity index (χ0n) is 15.2. The van der Waals surface area contributed by atoms with Gasteiger partial charge in [-0.25, -0.2) is 4.99 Å². The maximum absolute atomic E-state index is 6.26. The summed E-state index contributed by atoms with van der Waals surface area (Å²) in [6, 6.07) is 6.00. The van der Waals surface area contributed by atoms with Gasteiger partial charge in [0.1, 0.15) is 0 Å². The fourth-order valence-electron chi connectivity index (χ4n) is 3.42. The molecule has 1 aromatic carbocycles. The highest BCUT2D eigenvalue weighted by Gasteiger charge is 2.32. The fourth-order valence-corrected chi connectivity index (χ4v) is 3.74. The van der Waals surface area contributed by atoms with E-state index in [1.165, 1.54) is 18.4 Å². The van der Waals surface area contributed by atoms with Crippen molar-refractivity contribution in [3.05, 3.63) is 57.6 Å². The number of benzene rings is 1. The third-order valence-electron chi connectivity index (χ3n) is 4.90. The number of allylic oxidation sites excluding steroid dienone is 2. The highest BCUT2D eigenvalue weighted by atomic mass is 35.5. The van der Waals surface area contributed by atoms with Crippen LogP contribution in [0.1, 0.15) is 25.3 Å². The minimum atomic E-state index is 0.436. The highest BCUT2D eigenvalue weighted by molar-refractivity contribution is 6.42. The molecule has 0 radical (unpaired) electrons. The van der Waals surface area contributed by atoms with Crippen LogP contribution in [-0.4, -0.2) is 48.0 Å². The normalized spacial score (nSPS) is 18.6. The Morgan fingerprint density at radius 2 is 2.08 bits per heavy atom. The monoisotopic (exact) mass is 392 g/mol. The van der Waals surface area contributed by atoms with Gasteiger partial charge in [-0.1, -0.05) is 47.5 Å². The second-order valence-electron chi connectivity index (χ2n) is 6.82. The molecule has 0 saturated carbocycles. The molecular formula is C20H26Cl2N4. The third-order valence-corrected chi connectivity index (χ3v) is 5.64. The van der Waals surface area contributed by atoms with Crippen LogP contribution in [-0.2, 0) is 6.54 Å². The van der Waals surface area contributed by atoms with Crippen molar-refractivity contribution in [2.24, 2.45) is 10.7 Å². The lowest BCUT2D eigenvalue weighted by molar-refractivity contribution is 0.0838. The highest BCUT2D eigenvalue weighted by Crippen LogP contribution is 2.23. The lowest BCUT2D eigenvalue weighted by atomic mass is 10.0. The summed E-state index contributed by atoms with van der Waals surface area (Å²) in [6.07, 6.45) is 9.19. The van der Waals surface area contributed by atoms with Crippen molar-refractivity contribution in [2.75, 3.05) is 26.2 Å². The quantitative estimate of drug-likeness (QED) is 0.585. The van der Waals surface area contributed by atoms with Crippen LogP contribution in [0, 0.1) is 0 Å². The SMILES string of the molecule is CCN(C(N)=NCc1ccc(Cl)c(Cl)c1)C1CN(CC2=CCCC=C2)C1. The number of likely N-dealkylation sites (N-methyl/N-ethyl adjacent to an activating group) is 1. The van der Waals surface area contributed by atoms with Gasteiger partial charge >= 0.3 is 0 Å². The van der Waals surface area contributed by atoms with Crippen molar-refractivity contribution in [3.8, 4) is 0 Å². The number of halogens is 2. The van der Waals surface area contributed by atoms with E-state index in [0.717, 1.165) is 31.7 Å². The predicted molar refractivity (Wildman–Crippen MR) is 111 cm³/mol. The van der Waals surface area contributed by atoms with Gasteiger partial charge in [-0.2, -0.15) is 0 Å². The van der Waals surface area contributed by atoms with Gasteiger partial charge in [0.05, 0.1) is 22.6 Å². The second kappa shape index (κ2) is 8.94. The summed E-state index contributed by atoms with van der Waals surface area (Å²) in [5.41, 5.74) is 8.69. The molecule has 4 nitrogen and oxygen atoms in total. The first-order valence-electron chi connectivity index (χ1n) is 9.15. The zero-order valence-corrected chi connectivity index (χ0v) is 16.7.